The topological polar surface area (TPSA) is 99.6 Å². The third-order valence-electron chi connectivity index (χ3n) is 10.7. The van der Waals surface area contributed by atoms with E-state index in [-0.39, 0.29) is 17.6 Å². The number of piperazine rings is 1. The molecule has 3 aromatic carbocycles. The summed E-state index contributed by atoms with van der Waals surface area (Å²) in [6.07, 6.45) is 1.80. The van der Waals surface area contributed by atoms with Crippen molar-refractivity contribution in [2.45, 2.75) is 64.5 Å². The van der Waals surface area contributed by atoms with Gasteiger partial charge in [-0.05, 0) is 108 Å². The first-order valence-corrected chi connectivity index (χ1v) is 20.1. The van der Waals surface area contributed by atoms with Crippen LogP contribution in [0.2, 0.25) is 10.0 Å². The normalized spacial score (nSPS) is 21.5. The number of amides is 2. The molecular weight excluding hydrogens is 707 g/mol. The minimum absolute atomic E-state index is 0.0220. The maximum absolute atomic E-state index is 15.2. The molecule has 2 aliphatic heterocycles. The van der Waals surface area contributed by atoms with Crippen LogP contribution in [0.25, 0.3) is 0 Å². The summed E-state index contributed by atoms with van der Waals surface area (Å²) >= 11 is 12.8. The summed E-state index contributed by atoms with van der Waals surface area (Å²) in [4.78, 5) is 39.2. The zero-order valence-corrected chi connectivity index (χ0v) is 32.8. The van der Waals surface area contributed by atoms with Gasteiger partial charge < -0.3 is 9.64 Å². The molecule has 0 bridgehead atoms. The Hall–Kier alpha value is -3.44. The lowest BCUT2D eigenvalue weighted by molar-refractivity contribution is -0.121. The highest BCUT2D eigenvalue weighted by Crippen LogP contribution is 2.54. The van der Waals surface area contributed by atoms with Crippen LogP contribution in [0.3, 0.4) is 0 Å². The molecule has 0 spiro atoms. The van der Waals surface area contributed by atoms with Crippen molar-refractivity contribution >= 4 is 50.7 Å². The molecule has 9 nitrogen and oxygen atoms in total. The molecule has 274 valence electrons. The number of amidine groups is 1. The van der Waals surface area contributed by atoms with Gasteiger partial charge in [-0.1, -0.05) is 53.5 Å². The summed E-state index contributed by atoms with van der Waals surface area (Å²) in [5, 5.41) is 1.16. The molecular formula is C39H48Cl2N4O5S. The molecule has 1 fully saturated rings. The van der Waals surface area contributed by atoms with E-state index in [9.17, 15) is 13.2 Å². The summed E-state index contributed by atoms with van der Waals surface area (Å²) in [6, 6.07) is 20.6. The number of urea groups is 1. The lowest BCUT2D eigenvalue weighted by atomic mass is 9.71. The van der Waals surface area contributed by atoms with Gasteiger partial charge in [0, 0.05) is 47.9 Å². The van der Waals surface area contributed by atoms with Crippen LogP contribution in [0.5, 0.6) is 5.75 Å². The predicted octanol–water partition coefficient (Wildman–Crippen LogP) is 7.32. The Bertz CT molecular complexity index is 1910. The summed E-state index contributed by atoms with van der Waals surface area (Å²) in [5.41, 5.74) is 0.296. The first kappa shape index (κ1) is 38.8. The van der Waals surface area contributed by atoms with Crippen molar-refractivity contribution in [1.29, 1.82) is 0 Å². The van der Waals surface area contributed by atoms with Crippen LogP contribution in [-0.4, -0.2) is 92.1 Å². The Morgan fingerprint density at radius 1 is 0.902 bits per heavy atom. The van der Waals surface area contributed by atoms with Crippen LogP contribution in [0.4, 0.5) is 4.79 Å². The van der Waals surface area contributed by atoms with Crippen molar-refractivity contribution in [1.82, 2.24) is 14.7 Å². The van der Waals surface area contributed by atoms with Crippen LogP contribution < -0.4 is 4.74 Å². The number of ether oxygens (including phenoxy) is 1. The highest BCUT2D eigenvalue weighted by Gasteiger charge is 2.60. The predicted molar refractivity (Wildman–Crippen MR) is 205 cm³/mol. The maximum Gasteiger partial charge on any atom is 0.326 e. The van der Waals surface area contributed by atoms with Gasteiger partial charge in [0.05, 0.1) is 17.9 Å². The Balaban J connectivity index is 1.67. The number of rotatable bonds is 11. The quantitative estimate of drug-likeness (QED) is 0.204. The SMILES string of the molecule is CCOc1cc(C(C)(C)C(C)=O)ccc1C1=NC(C)(c2ccc(Cl)cc2)C(C)(c2ccc(Cl)cc2)N1C(=O)N1CCN(CCCS(C)(=O)=O)CC1. The summed E-state index contributed by atoms with van der Waals surface area (Å²) in [6.45, 7) is 14.5. The van der Waals surface area contributed by atoms with Gasteiger partial charge in [-0.15, -0.1) is 0 Å². The van der Waals surface area contributed by atoms with E-state index < -0.39 is 26.3 Å². The van der Waals surface area contributed by atoms with E-state index in [2.05, 4.69) is 4.90 Å². The van der Waals surface area contributed by atoms with E-state index in [1.165, 1.54) is 6.26 Å². The number of halogens is 2. The molecule has 12 heteroatoms. The molecule has 0 aliphatic carbocycles. The van der Waals surface area contributed by atoms with Crippen molar-refractivity contribution in [2.75, 3.05) is 51.3 Å². The minimum Gasteiger partial charge on any atom is -0.493 e. The molecule has 3 aromatic rings. The number of hydrogen-bond donors (Lipinski definition) is 0. The lowest BCUT2D eigenvalue weighted by Gasteiger charge is -2.47. The molecule has 51 heavy (non-hydrogen) atoms. The molecule has 0 aromatic heterocycles. The number of Topliss-reactive ketones (excluding diaryl/α,β-unsaturated/α-hetero) is 1. The molecule has 1 saturated heterocycles. The molecule has 2 heterocycles. The third-order valence-corrected chi connectivity index (χ3v) is 12.2. The van der Waals surface area contributed by atoms with E-state index in [4.69, 9.17) is 32.9 Å². The number of carbonyl (C=O) groups is 2. The number of hydrogen-bond acceptors (Lipinski definition) is 7. The fourth-order valence-electron chi connectivity index (χ4n) is 7.00. The van der Waals surface area contributed by atoms with Crippen molar-refractivity contribution < 1.29 is 22.7 Å². The molecule has 2 unspecified atom stereocenters. The number of ketones is 1. The monoisotopic (exact) mass is 754 g/mol. The van der Waals surface area contributed by atoms with Crippen molar-refractivity contribution in [3.05, 3.63) is 99.0 Å². The molecule has 2 aliphatic rings. The second-order valence-corrected chi connectivity index (χ2v) is 17.5. The van der Waals surface area contributed by atoms with E-state index >= 15 is 4.79 Å². The first-order valence-electron chi connectivity index (χ1n) is 17.3. The first-order chi connectivity index (χ1) is 23.9. The van der Waals surface area contributed by atoms with Crippen LogP contribution in [0.1, 0.15) is 70.2 Å². The van der Waals surface area contributed by atoms with Gasteiger partial charge in [-0.25, -0.2) is 13.2 Å². The van der Waals surface area contributed by atoms with Crippen LogP contribution in [0.15, 0.2) is 71.7 Å². The third kappa shape index (κ3) is 7.70. The summed E-state index contributed by atoms with van der Waals surface area (Å²) in [5.74, 6) is 1.12. The zero-order valence-electron chi connectivity index (χ0n) is 30.5. The van der Waals surface area contributed by atoms with Gasteiger partial charge in [0.1, 0.15) is 38.3 Å². The minimum atomic E-state index is -3.05. The van der Waals surface area contributed by atoms with Crippen LogP contribution in [0, 0.1) is 0 Å². The van der Waals surface area contributed by atoms with Gasteiger partial charge in [0.2, 0.25) is 0 Å². The average molecular weight is 756 g/mol. The Morgan fingerprint density at radius 3 is 2.00 bits per heavy atom. The van der Waals surface area contributed by atoms with Gasteiger partial charge >= 0.3 is 6.03 Å². The van der Waals surface area contributed by atoms with Crippen molar-refractivity contribution in [3.8, 4) is 5.75 Å². The molecule has 0 radical (unpaired) electrons. The van der Waals surface area contributed by atoms with Gasteiger partial charge in [0.15, 0.2) is 0 Å². The Kier molecular flexibility index (Phi) is 11.3. The van der Waals surface area contributed by atoms with Crippen molar-refractivity contribution in [3.63, 3.8) is 0 Å². The van der Waals surface area contributed by atoms with Crippen molar-refractivity contribution in [2.24, 2.45) is 4.99 Å². The fourth-order valence-corrected chi connectivity index (χ4v) is 7.90. The summed E-state index contributed by atoms with van der Waals surface area (Å²) < 4.78 is 29.7. The van der Waals surface area contributed by atoms with Gasteiger partial charge in [-0.2, -0.15) is 0 Å². The highest BCUT2D eigenvalue weighted by atomic mass is 35.5. The number of nitrogens with zero attached hydrogens (tertiary/aromatic N) is 4. The number of benzene rings is 3. The largest absolute Gasteiger partial charge is 0.493 e. The van der Waals surface area contributed by atoms with Gasteiger partial charge in [0.25, 0.3) is 0 Å². The molecule has 5 rings (SSSR count). The second-order valence-electron chi connectivity index (χ2n) is 14.3. The fraction of sp³-hybridized carbons (Fsp3) is 0.462. The Labute approximate surface area is 312 Å². The number of carbonyl (C=O) groups excluding carboxylic acids is 2. The Morgan fingerprint density at radius 2 is 1.47 bits per heavy atom. The van der Waals surface area contributed by atoms with E-state index in [0.29, 0.717) is 72.9 Å². The molecule has 2 atom stereocenters. The second kappa shape index (κ2) is 14.9. The standard InChI is InChI=1S/C39H48Cl2N4O5S/c1-8-50-34-26-30(37(3,4)27(2)46)14-19-33(34)35-42-38(5,28-10-15-31(40)16-11-28)39(6,29-12-17-32(41)18-13-29)45(35)36(47)44-23-21-43(22-24-44)20-9-25-51(7,48)49/h10-19,26H,8-9,20-25H2,1-7H3. The van der Waals surface area contributed by atoms with Crippen LogP contribution in [-0.2, 0) is 31.1 Å². The van der Waals surface area contributed by atoms with E-state index in [1.807, 2.05) is 106 Å². The molecule has 0 N–H and O–H groups in total. The van der Waals surface area contributed by atoms with Crippen LogP contribution >= 0.6 is 23.2 Å². The highest BCUT2D eigenvalue weighted by molar-refractivity contribution is 7.90. The average Bonchev–Trinajstić information content (AvgIpc) is 3.32. The lowest BCUT2D eigenvalue weighted by Crippen LogP contribution is -2.60. The van der Waals surface area contributed by atoms with E-state index in [1.54, 1.807) is 11.8 Å². The van der Waals surface area contributed by atoms with Gasteiger partial charge in [-0.3, -0.25) is 19.6 Å². The van der Waals surface area contributed by atoms with E-state index in [0.717, 1.165) is 16.7 Å². The number of aliphatic imine (C=N–C) groups is 1. The zero-order chi connectivity index (χ0) is 37.4. The smallest absolute Gasteiger partial charge is 0.326 e. The summed E-state index contributed by atoms with van der Waals surface area (Å²) in [7, 11) is -3.05. The molecule has 2 amide bonds. The number of sulfone groups is 1. The maximum atomic E-state index is 15.2. The molecule has 0 saturated carbocycles.